The van der Waals surface area contributed by atoms with E-state index in [2.05, 4.69) is 21.4 Å². The van der Waals surface area contributed by atoms with Crippen LogP contribution >= 0.6 is 0 Å². The fourth-order valence-corrected chi connectivity index (χ4v) is 3.24. The zero-order valence-corrected chi connectivity index (χ0v) is 16.3. The van der Waals surface area contributed by atoms with Gasteiger partial charge < -0.3 is 15.0 Å². The minimum absolute atomic E-state index is 0.0212. The number of rotatable bonds is 7. The number of ether oxygens (including phenoxy) is 1. The highest BCUT2D eigenvalue weighted by atomic mass is 16.5. The Labute approximate surface area is 169 Å². The van der Waals surface area contributed by atoms with Gasteiger partial charge >= 0.3 is 0 Å². The highest BCUT2D eigenvalue weighted by Gasteiger charge is 2.06. The van der Waals surface area contributed by atoms with Crippen molar-refractivity contribution >= 4 is 22.6 Å². The number of para-hydroxylation sites is 2. The van der Waals surface area contributed by atoms with Crippen LogP contribution < -0.4 is 10.1 Å². The first kappa shape index (κ1) is 18.7. The van der Waals surface area contributed by atoms with Crippen LogP contribution in [-0.2, 0) is 17.6 Å². The minimum atomic E-state index is -0.180. The first-order valence-electron chi connectivity index (χ1n) is 9.67. The van der Waals surface area contributed by atoms with Gasteiger partial charge in [0.25, 0.3) is 5.91 Å². The van der Waals surface area contributed by atoms with Crippen molar-refractivity contribution in [3.05, 3.63) is 89.7 Å². The third-order valence-corrected chi connectivity index (χ3v) is 4.66. The molecule has 4 rings (SSSR count). The van der Waals surface area contributed by atoms with Crippen LogP contribution in [0.5, 0.6) is 5.75 Å². The van der Waals surface area contributed by atoms with Crippen LogP contribution in [0.15, 0.2) is 72.8 Å². The van der Waals surface area contributed by atoms with Crippen molar-refractivity contribution in [1.29, 1.82) is 0 Å². The molecular formula is C24H23N3O2. The lowest BCUT2D eigenvalue weighted by molar-refractivity contribution is -0.118. The summed E-state index contributed by atoms with van der Waals surface area (Å²) >= 11 is 0. The van der Waals surface area contributed by atoms with Crippen molar-refractivity contribution in [2.24, 2.45) is 0 Å². The van der Waals surface area contributed by atoms with Gasteiger partial charge in [0.15, 0.2) is 6.61 Å². The maximum absolute atomic E-state index is 12.2. The lowest BCUT2D eigenvalue weighted by atomic mass is 10.1. The number of aromatic amines is 1. The molecule has 0 unspecified atom stereocenters. The Bertz CT molecular complexity index is 1100. The maximum Gasteiger partial charge on any atom is 0.262 e. The second-order valence-electron chi connectivity index (χ2n) is 7.05. The molecule has 0 aliphatic carbocycles. The standard InChI is InChI=1S/C24H23N3O2/c1-17-6-4-9-20(14-17)29-16-24(28)25-19-8-5-7-18(15-19)12-13-23-26-21-10-2-3-11-22(21)27-23/h2-11,14-15H,12-13,16H2,1H3,(H,25,28)(H,26,27). The number of amides is 1. The van der Waals surface area contributed by atoms with Crippen LogP contribution in [0.2, 0.25) is 0 Å². The van der Waals surface area contributed by atoms with E-state index in [1.165, 1.54) is 0 Å². The number of H-pyrrole nitrogens is 1. The van der Waals surface area contributed by atoms with Crippen LogP contribution in [0.3, 0.4) is 0 Å². The predicted molar refractivity (Wildman–Crippen MR) is 115 cm³/mol. The van der Waals surface area contributed by atoms with Gasteiger partial charge in [-0.25, -0.2) is 4.98 Å². The third-order valence-electron chi connectivity index (χ3n) is 4.66. The summed E-state index contributed by atoms with van der Waals surface area (Å²) in [5, 5.41) is 2.90. The summed E-state index contributed by atoms with van der Waals surface area (Å²) < 4.78 is 5.56. The molecule has 0 atom stereocenters. The normalized spacial score (nSPS) is 10.8. The summed E-state index contributed by atoms with van der Waals surface area (Å²) in [4.78, 5) is 20.2. The van der Waals surface area contributed by atoms with Crippen molar-refractivity contribution < 1.29 is 9.53 Å². The number of anilines is 1. The number of hydrogen-bond donors (Lipinski definition) is 2. The van der Waals surface area contributed by atoms with Crippen LogP contribution in [0.25, 0.3) is 11.0 Å². The molecule has 1 heterocycles. The smallest absolute Gasteiger partial charge is 0.262 e. The fourth-order valence-electron chi connectivity index (χ4n) is 3.24. The summed E-state index contributed by atoms with van der Waals surface area (Å²) in [6, 6.07) is 23.6. The van der Waals surface area contributed by atoms with E-state index in [-0.39, 0.29) is 12.5 Å². The molecule has 0 radical (unpaired) electrons. The van der Waals surface area contributed by atoms with E-state index in [9.17, 15) is 4.79 Å². The van der Waals surface area contributed by atoms with Gasteiger partial charge in [-0.3, -0.25) is 4.79 Å². The Morgan fingerprint density at radius 2 is 1.86 bits per heavy atom. The largest absolute Gasteiger partial charge is 0.484 e. The van der Waals surface area contributed by atoms with E-state index in [4.69, 9.17) is 4.74 Å². The van der Waals surface area contributed by atoms with Gasteiger partial charge in [-0.15, -0.1) is 0 Å². The molecule has 0 fully saturated rings. The average molecular weight is 385 g/mol. The second kappa shape index (κ2) is 8.61. The minimum Gasteiger partial charge on any atom is -0.484 e. The van der Waals surface area contributed by atoms with Crippen LogP contribution in [0, 0.1) is 6.92 Å². The number of nitrogens with zero attached hydrogens (tertiary/aromatic N) is 1. The number of imidazole rings is 1. The molecule has 0 saturated carbocycles. The molecule has 3 aromatic carbocycles. The van der Waals surface area contributed by atoms with Crippen molar-refractivity contribution in [1.82, 2.24) is 9.97 Å². The molecule has 1 aromatic heterocycles. The number of carbonyl (C=O) groups is 1. The quantitative estimate of drug-likeness (QED) is 0.486. The number of aromatic nitrogens is 2. The number of nitrogens with one attached hydrogen (secondary N) is 2. The molecule has 2 N–H and O–H groups in total. The van der Waals surface area contributed by atoms with Gasteiger partial charge in [-0.05, 0) is 60.9 Å². The van der Waals surface area contributed by atoms with Crippen molar-refractivity contribution in [3.8, 4) is 5.75 Å². The number of carbonyl (C=O) groups excluding carboxylic acids is 1. The van der Waals surface area contributed by atoms with Gasteiger partial charge in [0, 0.05) is 12.1 Å². The van der Waals surface area contributed by atoms with Gasteiger partial charge in [0.1, 0.15) is 11.6 Å². The number of fused-ring (bicyclic) bond motifs is 1. The molecule has 4 aromatic rings. The SMILES string of the molecule is Cc1cccc(OCC(=O)Nc2cccc(CCc3nc4ccccc4[nH]3)c2)c1. The molecule has 1 amide bonds. The Morgan fingerprint density at radius 3 is 2.72 bits per heavy atom. The summed E-state index contributed by atoms with van der Waals surface area (Å²) in [5.74, 6) is 1.48. The third kappa shape index (κ3) is 5.02. The Kier molecular flexibility index (Phi) is 5.56. The van der Waals surface area contributed by atoms with Crippen molar-refractivity contribution in [3.63, 3.8) is 0 Å². The Morgan fingerprint density at radius 1 is 1.00 bits per heavy atom. The molecule has 5 nitrogen and oxygen atoms in total. The molecule has 5 heteroatoms. The molecule has 0 spiro atoms. The van der Waals surface area contributed by atoms with Crippen LogP contribution in [-0.4, -0.2) is 22.5 Å². The zero-order valence-electron chi connectivity index (χ0n) is 16.3. The Balaban J connectivity index is 1.32. The summed E-state index contributed by atoms with van der Waals surface area (Å²) in [7, 11) is 0. The van der Waals surface area contributed by atoms with Crippen LogP contribution in [0.4, 0.5) is 5.69 Å². The van der Waals surface area contributed by atoms with Crippen LogP contribution in [0.1, 0.15) is 17.0 Å². The predicted octanol–water partition coefficient (Wildman–Crippen LogP) is 4.67. The highest BCUT2D eigenvalue weighted by molar-refractivity contribution is 5.91. The molecule has 0 bridgehead atoms. The average Bonchev–Trinajstić information content (AvgIpc) is 3.14. The number of benzene rings is 3. The first-order chi connectivity index (χ1) is 14.2. The van der Waals surface area contributed by atoms with Crippen molar-refractivity contribution in [2.75, 3.05) is 11.9 Å². The van der Waals surface area contributed by atoms with E-state index >= 15 is 0 Å². The summed E-state index contributed by atoms with van der Waals surface area (Å²) in [6.45, 7) is 1.97. The molecule has 29 heavy (non-hydrogen) atoms. The fraction of sp³-hybridized carbons (Fsp3) is 0.167. The maximum atomic E-state index is 12.2. The molecular weight excluding hydrogens is 362 g/mol. The van der Waals surface area contributed by atoms with E-state index < -0.39 is 0 Å². The lowest BCUT2D eigenvalue weighted by Crippen LogP contribution is -2.20. The molecule has 0 aliphatic rings. The lowest BCUT2D eigenvalue weighted by Gasteiger charge is -2.09. The molecule has 0 aliphatic heterocycles. The highest BCUT2D eigenvalue weighted by Crippen LogP contribution is 2.16. The van der Waals surface area contributed by atoms with E-state index in [0.717, 1.165) is 46.5 Å². The van der Waals surface area contributed by atoms with E-state index in [1.807, 2.05) is 73.7 Å². The molecule has 0 saturated heterocycles. The second-order valence-corrected chi connectivity index (χ2v) is 7.05. The molecule has 146 valence electrons. The number of aryl methyl sites for hydroxylation is 3. The van der Waals surface area contributed by atoms with E-state index in [0.29, 0.717) is 5.75 Å². The van der Waals surface area contributed by atoms with Crippen molar-refractivity contribution in [2.45, 2.75) is 19.8 Å². The first-order valence-corrected chi connectivity index (χ1v) is 9.67. The number of hydrogen-bond acceptors (Lipinski definition) is 3. The topological polar surface area (TPSA) is 67.0 Å². The summed E-state index contributed by atoms with van der Waals surface area (Å²) in [5.41, 5.74) is 5.04. The monoisotopic (exact) mass is 385 g/mol. The summed E-state index contributed by atoms with van der Waals surface area (Å²) in [6.07, 6.45) is 1.64. The van der Waals surface area contributed by atoms with Gasteiger partial charge in [0.05, 0.1) is 11.0 Å². The van der Waals surface area contributed by atoms with Gasteiger partial charge in [0.2, 0.25) is 0 Å². The Hall–Kier alpha value is -3.60. The van der Waals surface area contributed by atoms with Gasteiger partial charge in [-0.1, -0.05) is 36.4 Å². The van der Waals surface area contributed by atoms with Gasteiger partial charge in [-0.2, -0.15) is 0 Å². The van der Waals surface area contributed by atoms with E-state index in [1.54, 1.807) is 0 Å². The zero-order chi connectivity index (χ0) is 20.1.